The first kappa shape index (κ1) is 22.8. The molecule has 186 valence electrons. The molecule has 6 rings (SSSR count). The highest BCUT2D eigenvalue weighted by Crippen LogP contribution is 2.33. The van der Waals surface area contributed by atoms with Crippen LogP contribution in [0.15, 0.2) is 36.9 Å². The zero-order valence-electron chi connectivity index (χ0n) is 20.5. The average Bonchev–Trinajstić information content (AvgIpc) is 3.58. The fourth-order valence-corrected chi connectivity index (χ4v) is 5.72. The van der Waals surface area contributed by atoms with E-state index >= 15 is 0 Å². The number of esters is 1. The van der Waals surface area contributed by atoms with Crippen LogP contribution >= 0.6 is 0 Å². The molecule has 9 heteroatoms. The summed E-state index contributed by atoms with van der Waals surface area (Å²) in [4.78, 5) is 38.6. The van der Waals surface area contributed by atoms with E-state index < -0.39 is 0 Å². The van der Waals surface area contributed by atoms with E-state index in [9.17, 15) is 9.59 Å². The lowest BCUT2D eigenvalue weighted by molar-refractivity contribution is -0.135. The molecule has 1 fully saturated rings. The molecule has 1 atom stereocenters. The van der Waals surface area contributed by atoms with Gasteiger partial charge in [0.1, 0.15) is 19.3 Å². The number of aryl methyl sites for hydroxylation is 1. The number of hydrogen-bond donors (Lipinski definition) is 0. The Bertz CT molecular complexity index is 1300. The van der Waals surface area contributed by atoms with Gasteiger partial charge in [0.15, 0.2) is 5.82 Å². The van der Waals surface area contributed by atoms with Gasteiger partial charge in [-0.05, 0) is 61.4 Å². The van der Waals surface area contributed by atoms with Crippen LogP contribution in [-0.2, 0) is 29.0 Å². The van der Waals surface area contributed by atoms with Crippen molar-refractivity contribution in [3.05, 3.63) is 70.4 Å². The zero-order chi connectivity index (χ0) is 24.6. The molecule has 9 nitrogen and oxygen atoms in total. The van der Waals surface area contributed by atoms with Gasteiger partial charge in [0.2, 0.25) is 5.91 Å². The number of piperazine rings is 1. The molecular weight excluding hydrogens is 456 g/mol. The van der Waals surface area contributed by atoms with Crippen LogP contribution in [-0.4, -0.2) is 74.1 Å². The maximum Gasteiger partial charge on any atom is 0.338 e. The number of nitrogens with zero attached hydrogens (tertiary/aromatic N) is 6. The van der Waals surface area contributed by atoms with Crippen LogP contribution < -0.4 is 0 Å². The third-order valence-corrected chi connectivity index (χ3v) is 7.89. The normalized spacial score (nSPS) is 19.6. The Morgan fingerprint density at radius 3 is 2.81 bits per heavy atom. The topological polar surface area (TPSA) is 93.5 Å². The van der Waals surface area contributed by atoms with E-state index in [1.807, 2.05) is 17.0 Å². The number of rotatable bonds is 5. The number of pyridine rings is 1. The van der Waals surface area contributed by atoms with Gasteiger partial charge in [-0.2, -0.15) is 5.10 Å². The third-order valence-electron chi connectivity index (χ3n) is 7.89. The van der Waals surface area contributed by atoms with Crippen molar-refractivity contribution in [3.63, 3.8) is 0 Å². The molecule has 0 spiro atoms. The van der Waals surface area contributed by atoms with Crippen LogP contribution in [0.3, 0.4) is 0 Å². The van der Waals surface area contributed by atoms with Crippen molar-refractivity contribution in [1.82, 2.24) is 29.5 Å². The van der Waals surface area contributed by atoms with Crippen molar-refractivity contribution in [2.75, 3.05) is 32.7 Å². The van der Waals surface area contributed by atoms with Crippen molar-refractivity contribution in [3.8, 4) is 5.82 Å². The molecule has 2 aromatic heterocycles. The molecule has 0 saturated carbocycles. The molecular formula is C27H30N6O3. The Morgan fingerprint density at radius 2 is 2.00 bits per heavy atom. The fourth-order valence-electron chi connectivity index (χ4n) is 5.72. The second kappa shape index (κ2) is 9.46. The van der Waals surface area contributed by atoms with Gasteiger partial charge >= 0.3 is 5.97 Å². The predicted octanol–water partition coefficient (Wildman–Crippen LogP) is 2.45. The predicted molar refractivity (Wildman–Crippen MR) is 132 cm³/mol. The highest BCUT2D eigenvalue weighted by Gasteiger charge is 2.32. The number of carbonyl (C=O) groups is 2. The number of benzene rings is 1. The molecule has 36 heavy (non-hydrogen) atoms. The van der Waals surface area contributed by atoms with Crippen molar-refractivity contribution in [1.29, 1.82) is 0 Å². The summed E-state index contributed by atoms with van der Waals surface area (Å²) < 4.78 is 6.84. The maximum absolute atomic E-state index is 13.5. The van der Waals surface area contributed by atoms with Gasteiger partial charge in [-0.1, -0.05) is 12.1 Å². The molecule has 0 bridgehead atoms. The number of ether oxygens (including phenoxy) is 1. The Hall–Kier alpha value is -3.59. The monoisotopic (exact) mass is 486 g/mol. The molecule has 1 aliphatic carbocycles. The van der Waals surface area contributed by atoms with Crippen LogP contribution in [0.2, 0.25) is 0 Å². The largest absolute Gasteiger partial charge is 0.457 e. The second-order valence-electron chi connectivity index (χ2n) is 9.86. The number of carbonyl (C=O) groups excluding carboxylic acids is 2. The number of hydrogen-bond acceptors (Lipinski definition) is 7. The molecule has 1 aromatic carbocycles. The van der Waals surface area contributed by atoms with E-state index in [-0.39, 0.29) is 17.8 Å². The lowest BCUT2D eigenvalue weighted by atomic mass is 9.84. The summed E-state index contributed by atoms with van der Waals surface area (Å²) in [5.41, 5.74) is 6.24. The highest BCUT2D eigenvalue weighted by molar-refractivity contribution is 5.93. The first-order valence-corrected chi connectivity index (χ1v) is 12.7. The highest BCUT2D eigenvalue weighted by atomic mass is 16.5. The van der Waals surface area contributed by atoms with E-state index in [0.717, 1.165) is 81.0 Å². The number of amides is 1. The summed E-state index contributed by atoms with van der Waals surface area (Å²) in [6, 6.07) is 7.94. The van der Waals surface area contributed by atoms with Gasteiger partial charge in [0, 0.05) is 44.0 Å². The first-order chi connectivity index (χ1) is 17.6. The molecule has 1 amide bonds. The molecule has 0 radical (unpaired) electrons. The van der Waals surface area contributed by atoms with Gasteiger partial charge in [0.05, 0.1) is 11.5 Å². The summed E-state index contributed by atoms with van der Waals surface area (Å²) in [6.45, 7) is 6.66. The van der Waals surface area contributed by atoms with E-state index in [1.54, 1.807) is 11.0 Å². The average molecular weight is 487 g/mol. The van der Waals surface area contributed by atoms with E-state index in [0.29, 0.717) is 12.2 Å². The number of fused-ring (bicyclic) bond motifs is 2. The van der Waals surface area contributed by atoms with Crippen molar-refractivity contribution >= 4 is 11.9 Å². The lowest BCUT2D eigenvalue weighted by Gasteiger charge is -2.37. The van der Waals surface area contributed by atoms with Crippen molar-refractivity contribution < 1.29 is 14.3 Å². The van der Waals surface area contributed by atoms with E-state index in [1.165, 1.54) is 17.5 Å². The van der Waals surface area contributed by atoms with E-state index in [2.05, 4.69) is 34.0 Å². The minimum Gasteiger partial charge on any atom is -0.457 e. The standard InChI is InChI=1S/C27H30N6O3/c1-18-19(5-6-22-23(18)15-36-27(22)35)9-10-31-11-13-32(14-12-31)26(34)21-3-2-4-24-20(21)7-8-25(30-24)33-17-28-16-29-33/h5-8,16-17,21H,2-4,9-15H2,1H3. The van der Waals surface area contributed by atoms with E-state index in [4.69, 9.17) is 9.72 Å². The Morgan fingerprint density at radius 1 is 1.14 bits per heavy atom. The maximum atomic E-state index is 13.5. The summed E-state index contributed by atoms with van der Waals surface area (Å²) >= 11 is 0. The van der Waals surface area contributed by atoms with Crippen LogP contribution in [0.1, 0.15) is 57.1 Å². The smallest absolute Gasteiger partial charge is 0.338 e. The third kappa shape index (κ3) is 4.17. The summed E-state index contributed by atoms with van der Waals surface area (Å²) in [5.74, 6) is 0.639. The molecule has 2 aliphatic heterocycles. The lowest BCUT2D eigenvalue weighted by Crippen LogP contribution is -2.50. The molecule has 1 saturated heterocycles. The summed E-state index contributed by atoms with van der Waals surface area (Å²) in [5, 5.41) is 4.17. The Labute approximate surface area is 210 Å². The van der Waals surface area contributed by atoms with Gasteiger partial charge in [-0.25, -0.2) is 19.4 Å². The SMILES string of the molecule is Cc1c(CCN2CCN(C(=O)C3CCCc4nc(-n5cncn5)ccc43)CC2)ccc2c1COC2=O. The number of cyclic esters (lactones) is 1. The molecule has 4 heterocycles. The van der Waals surface area contributed by atoms with Gasteiger partial charge in [-0.15, -0.1) is 0 Å². The minimum absolute atomic E-state index is 0.114. The van der Waals surface area contributed by atoms with Crippen LogP contribution in [0.4, 0.5) is 0 Å². The minimum atomic E-state index is -0.215. The summed E-state index contributed by atoms with van der Waals surface area (Å²) in [6.07, 6.45) is 6.79. The summed E-state index contributed by atoms with van der Waals surface area (Å²) in [7, 11) is 0. The van der Waals surface area contributed by atoms with Gasteiger partial charge < -0.3 is 9.64 Å². The van der Waals surface area contributed by atoms with Gasteiger partial charge in [-0.3, -0.25) is 9.69 Å². The zero-order valence-corrected chi connectivity index (χ0v) is 20.5. The molecule has 0 N–H and O–H groups in total. The molecule has 3 aromatic rings. The number of aromatic nitrogens is 4. The van der Waals surface area contributed by atoms with Crippen LogP contribution in [0, 0.1) is 6.92 Å². The van der Waals surface area contributed by atoms with Crippen molar-refractivity contribution in [2.24, 2.45) is 0 Å². The van der Waals surface area contributed by atoms with Crippen LogP contribution in [0.25, 0.3) is 5.82 Å². The molecule has 3 aliphatic rings. The Kier molecular flexibility index (Phi) is 6.00. The van der Waals surface area contributed by atoms with Crippen LogP contribution in [0.5, 0.6) is 0 Å². The van der Waals surface area contributed by atoms with Gasteiger partial charge in [0.25, 0.3) is 0 Å². The quantitative estimate of drug-likeness (QED) is 0.512. The van der Waals surface area contributed by atoms with Crippen molar-refractivity contribution in [2.45, 2.75) is 45.1 Å². The Balaban J connectivity index is 1.06. The fraction of sp³-hybridized carbons (Fsp3) is 0.444. The second-order valence-corrected chi connectivity index (χ2v) is 9.86. The molecule has 1 unspecified atom stereocenters. The first-order valence-electron chi connectivity index (χ1n) is 12.7.